The van der Waals surface area contributed by atoms with Crippen LogP contribution in [0.25, 0.3) is 0 Å². The lowest BCUT2D eigenvalue weighted by Crippen LogP contribution is -2.30. The Morgan fingerprint density at radius 2 is 2.29 bits per heavy atom. The van der Waals surface area contributed by atoms with Crippen LogP contribution in [0, 0.1) is 0 Å². The molecule has 0 aromatic heterocycles. The number of amidine groups is 1. The van der Waals surface area contributed by atoms with Crippen molar-refractivity contribution in [3.63, 3.8) is 0 Å². The fourth-order valence-electron chi connectivity index (χ4n) is 1.44. The van der Waals surface area contributed by atoms with Gasteiger partial charge in [0.25, 0.3) is 0 Å². The molecule has 0 atom stereocenters. The first-order valence-electron chi connectivity index (χ1n) is 4.61. The lowest BCUT2D eigenvalue weighted by atomic mass is 10.1. The van der Waals surface area contributed by atoms with Gasteiger partial charge in [-0.1, -0.05) is 0 Å². The zero-order chi connectivity index (χ0) is 9.97. The second-order valence-corrected chi connectivity index (χ2v) is 4.10. The summed E-state index contributed by atoms with van der Waals surface area (Å²) in [5, 5.41) is 3.27. The van der Waals surface area contributed by atoms with Gasteiger partial charge in [-0.15, -0.1) is 0 Å². The number of benzene rings is 1. The minimum Gasteiger partial charge on any atom is -0.399 e. The van der Waals surface area contributed by atoms with E-state index in [-0.39, 0.29) is 0 Å². The summed E-state index contributed by atoms with van der Waals surface area (Å²) in [5.74, 6) is 0.961. The summed E-state index contributed by atoms with van der Waals surface area (Å²) in [7, 11) is 0. The third kappa shape index (κ3) is 1.90. The molecule has 1 aromatic rings. The number of nitrogens with two attached hydrogens (primary N) is 1. The van der Waals surface area contributed by atoms with Gasteiger partial charge in [0.2, 0.25) is 0 Å². The second-order valence-electron chi connectivity index (χ2n) is 3.25. The van der Waals surface area contributed by atoms with E-state index in [1.807, 2.05) is 18.2 Å². The number of anilines is 1. The van der Waals surface area contributed by atoms with Crippen LogP contribution in [0.15, 0.2) is 27.7 Å². The van der Waals surface area contributed by atoms with E-state index in [2.05, 4.69) is 26.2 Å². The maximum absolute atomic E-state index is 5.67. The molecule has 3 nitrogen and oxygen atoms in total. The smallest absolute Gasteiger partial charge is 0.129 e. The molecule has 2 rings (SSSR count). The first-order chi connectivity index (χ1) is 6.77. The fraction of sp³-hybridized carbons (Fsp3) is 0.300. The molecule has 0 fully saturated rings. The second kappa shape index (κ2) is 4.00. The van der Waals surface area contributed by atoms with Crippen molar-refractivity contribution in [2.75, 3.05) is 18.8 Å². The summed E-state index contributed by atoms with van der Waals surface area (Å²) in [6.45, 7) is 1.90. The van der Waals surface area contributed by atoms with E-state index in [1.165, 1.54) is 0 Å². The first-order valence-corrected chi connectivity index (χ1v) is 5.40. The number of aliphatic imine (C=N–C) groups is 1. The van der Waals surface area contributed by atoms with E-state index in [9.17, 15) is 0 Å². The van der Waals surface area contributed by atoms with Gasteiger partial charge in [-0.2, -0.15) is 0 Å². The Morgan fingerprint density at radius 3 is 2.93 bits per heavy atom. The van der Waals surface area contributed by atoms with Crippen molar-refractivity contribution in [3.8, 4) is 0 Å². The van der Waals surface area contributed by atoms with Gasteiger partial charge < -0.3 is 11.1 Å². The molecule has 1 aromatic carbocycles. The zero-order valence-corrected chi connectivity index (χ0v) is 9.34. The summed E-state index contributed by atoms with van der Waals surface area (Å²) >= 11 is 3.48. The summed E-state index contributed by atoms with van der Waals surface area (Å²) in [4.78, 5) is 4.42. The Hall–Kier alpha value is -1.03. The number of nitrogens with zero attached hydrogens (tertiary/aromatic N) is 1. The van der Waals surface area contributed by atoms with Crippen LogP contribution >= 0.6 is 15.9 Å². The number of hydrogen-bond donors (Lipinski definition) is 2. The van der Waals surface area contributed by atoms with Crippen molar-refractivity contribution >= 4 is 27.5 Å². The van der Waals surface area contributed by atoms with Crippen LogP contribution in [0.3, 0.4) is 0 Å². The molecule has 0 radical (unpaired) electrons. The Bertz CT molecular complexity index is 374. The van der Waals surface area contributed by atoms with Crippen LogP contribution < -0.4 is 11.1 Å². The monoisotopic (exact) mass is 253 g/mol. The third-order valence-electron chi connectivity index (χ3n) is 2.15. The van der Waals surface area contributed by atoms with E-state index < -0.39 is 0 Å². The summed E-state index contributed by atoms with van der Waals surface area (Å²) < 4.78 is 0.991. The molecule has 1 heterocycles. The van der Waals surface area contributed by atoms with Gasteiger partial charge in [-0.3, -0.25) is 4.99 Å². The molecule has 1 aliphatic heterocycles. The molecule has 0 amide bonds. The minimum absolute atomic E-state index is 0.761. The molecule has 14 heavy (non-hydrogen) atoms. The zero-order valence-electron chi connectivity index (χ0n) is 7.76. The maximum Gasteiger partial charge on any atom is 0.129 e. The van der Waals surface area contributed by atoms with Crippen LogP contribution in [0.4, 0.5) is 5.69 Å². The summed E-state index contributed by atoms with van der Waals surface area (Å²) in [6.07, 6.45) is 1.11. The largest absolute Gasteiger partial charge is 0.399 e. The van der Waals surface area contributed by atoms with Crippen molar-refractivity contribution in [2.45, 2.75) is 6.42 Å². The van der Waals surface area contributed by atoms with Gasteiger partial charge in [0, 0.05) is 28.8 Å². The molecule has 0 saturated heterocycles. The number of nitrogens with one attached hydrogen (secondary N) is 1. The topological polar surface area (TPSA) is 50.4 Å². The van der Waals surface area contributed by atoms with Gasteiger partial charge in [0.1, 0.15) is 5.84 Å². The van der Waals surface area contributed by atoms with Crippen molar-refractivity contribution in [1.82, 2.24) is 5.32 Å². The molecule has 4 heteroatoms. The van der Waals surface area contributed by atoms with Crippen LogP contribution in [0.1, 0.15) is 12.0 Å². The van der Waals surface area contributed by atoms with Crippen LogP contribution in [-0.4, -0.2) is 18.9 Å². The highest BCUT2D eigenvalue weighted by molar-refractivity contribution is 9.10. The highest BCUT2D eigenvalue weighted by atomic mass is 79.9. The van der Waals surface area contributed by atoms with E-state index in [1.54, 1.807) is 0 Å². The predicted molar refractivity (Wildman–Crippen MR) is 62.6 cm³/mol. The Morgan fingerprint density at radius 1 is 1.43 bits per heavy atom. The molecule has 0 aliphatic carbocycles. The molecular formula is C10H12BrN3. The van der Waals surface area contributed by atoms with Crippen LogP contribution in [-0.2, 0) is 0 Å². The Balaban J connectivity index is 2.35. The predicted octanol–water partition coefficient (Wildman–Crippen LogP) is 1.77. The van der Waals surface area contributed by atoms with Crippen molar-refractivity contribution in [3.05, 3.63) is 28.2 Å². The lowest BCUT2D eigenvalue weighted by molar-refractivity contribution is 0.742. The normalized spacial score (nSPS) is 15.9. The molecule has 0 spiro atoms. The SMILES string of the molecule is Nc1ccc(C2=NCCCN2)c(Br)c1. The average molecular weight is 254 g/mol. The Labute approximate surface area is 91.5 Å². The fourth-order valence-corrected chi connectivity index (χ4v) is 2.02. The molecule has 1 aliphatic rings. The highest BCUT2D eigenvalue weighted by Crippen LogP contribution is 2.20. The molecule has 0 saturated carbocycles. The summed E-state index contributed by atoms with van der Waals surface area (Å²) in [6, 6.07) is 5.77. The Kier molecular flexibility index (Phi) is 2.72. The average Bonchev–Trinajstić information content (AvgIpc) is 2.19. The highest BCUT2D eigenvalue weighted by Gasteiger charge is 2.09. The van der Waals surface area contributed by atoms with Crippen molar-refractivity contribution in [2.24, 2.45) is 4.99 Å². The molecule has 0 bridgehead atoms. The number of rotatable bonds is 1. The van der Waals surface area contributed by atoms with Crippen LogP contribution in [0.2, 0.25) is 0 Å². The summed E-state index contributed by atoms with van der Waals surface area (Å²) in [5.41, 5.74) is 7.51. The van der Waals surface area contributed by atoms with Gasteiger partial charge >= 0.3 is 0 Å². The molecule has 3 N–H and O–H groups in total. The maximum atomic E-state index is 5.67. The van der Waals surface area contributed by atoms with Crippen molar-refractivity contribution in [1.29, 1.82) is 0 Å². The number of halogens is 1. The van der Waals surface area contributed by atoms with Gasteiger partial charge in [0.05, 0.1) is 0 Å². The molecule has 74 valence electrons. The van der Waals surface area contributed by atoms with Gasteiger partial charge in [-0.05, 0) is 40.5 Å². The van der Waals surface area contributed by atoms with E-state index in [0.29, 0.717) is 0 Å². The molecular weight excluding hydrogens is 242 g/mol. The quantitative estimate of drug-likeness (QED) is 0.750. The standard InChI is InChI=1S/C10H12BrN3/c11-9-6-7(12)2-3-8(9)10-13-4-1-5-14-10/h2-3,6H,1,4-5,12H2,(H,13,14). The first kappa shape index (κ1) is 9.52. The van der Waals surface area contributed by atoms with Crippen molar-refractivity contribution < 1.29 is 0 Å². The van der Waals surface area contributed by atoms with Gasteiger partial charge in [-0.25, -0.2) is 0 Å². The minimum atomic E-state index is 0.761. The van der Waals surface area contributed by atoms with Crippen LogP contribution in [0.5, 0.6) is 0 Å². The van der Waals surface area contributed by atoms with E-state index in [4.69, 9.17) is 5.73 Å². The number of hydrogen-bond acceptors (Lipinski definition) is 3. The lowest BCUT2D eigenvalue weighted by Gasteiger charge is -2.15. The molecule has 0 unspecified atom stereocenters. The van der Waals surface area contributed by atoms with E-state index >= 15 is 0 Å². The third-order valence-corrected chi connectivity index (χ3v) is 2.80. The number of nitrogen functional groups attached to an aromatic ring is 1. The van der Waals surface area contributed by atoms with E-state index in [0.717, 1.165) is 41.1 Å². The van der Waals surface area contributed by atoms with Gasteiger partial charge in [0.15, 0.2) is 0 Å².